The minimum Gasteiger partial charge on any atom is -0.506 e. The van der Waals surface area contributed by atoms with E-state index < -0.39 is 0 Å². The fourth-order valence-electron chi connectivity index (χ4n) is 3.80. The predicted octanol–water partition coefficient (Wildman–Crippen LogP) is 4.57. The second kappa shape index (κ2) is 7.11. The number of thiocarbonyl (C=S) groups is 1. The highest BCUT2D eigenvalue weighted by Crippen LogP contribution is 2.46. The summed E-state index contributed by atoms with van der Waals surface area (Å²) < 4.78 is 2.15. The molecule has 0 unspecified atom stereocenters. The quantitative estimate of drug-likeness (QED) is 0.617. The molecule has 2 atom stereocenters. The standard InChI is InChI=1S/C21H21ClN4OS/c1-12-10-15(13(2)25(12)3)20-19(16-6-4-5-9-23-16)24-21(28)26(20)17-11-14(22)7-8-18(17)27/h4-11,19-20,27H,1-3H3,(H,24,28)/t19-,20-/m0/s1. The van der Waals surface area contributed by atoms with Crippen LogP contribution in [0.2, 0.25) is 5.02 Å². The SMILES string of the molecule is Cc1cc([C@H]2[C@H](c3ccccn3)NC(=S)N2c2cc(Cl)ccc2O)c(C)n1C. The summed E-state index contributed by atoms with van der Waals surface area (Å²) in [6.07, 6.45) is 1.78. The smallest absolute Gasteiger partial charge is 0.174 e. The van der Waals surface area contributed by atoms with E-state index in [2.05, 4.69) is 34.8 Å². The van der Waals surface area contributed by atoms with Crippen LogP contribution in [-0.4, -0.2) is 19.8 Å². The van der Waals surface area contributed by atoms with Gasteiger partial charge in [0.25, 0.3) is 0 Å². The predicted molar refractivity (Wildman–Crippen MR) is 116 cm³/mol. The molecule has 2 aromatic heterocycles. The van der Waals surface area contributed by atoms with Crippen molar-refractivity contribution in [2.45, 2.75) is 25.9 Å². The molecule has 1 aliphatic rings. The maximum Gasteiger partial charge on any atom is 0.174 e. The van der Waals surface area contributed by atoms with Crippen molar-refractivity contribution in [3.05, 3.63) is 76.3 Å². The molecule has 3 heterocycles. The molecule has 28 heavy (non-hydrogen) atoms. The Hall–Kier alpha value is -2.57. The van der Waals surface area contributed by atoms with E-state index in [0.717, 1.165) is 22.6 Å². The molecule has 7 heteroatoms. The van der Waals surface area contributed by atoms with Gasteiger partial charge in [-0.2, -0.15) is 0 Å². The van der Waals surface area contributed by atoms with Crippen molar-refractivity contribution in [2.24, 2.45) is 7.05 Å². The van der Waals surface area contributed by atoms with Gasteiger partial charge in [-0.1, -0.05) is 17.7 Å². The van der Waals surface area contributed by atoms with E-state index >= 15 is 0 Å². The van der Waals surface area contributed by atoms with Crippen molar-refractivity contribution in [3.63, 3.8) is 0 Å². The Bertz CT molecular complexity index is 1050. The minimum absolute atomic E-state index is 0.130. The Labute approximate surface area is 174 Å². The van der Waals surface area contributed by atoms with Crippen molar-refractivity contribution < 1.29 is 5.11 Å². The lowest BCUT2D eigenvalue weighted by atomic mass is 9.96. The van der Waals surface area contributed by atoms with Crippen molar-refractivity contribution in [3.8, 4) is 5.75 Å². The molecule has 144 valence electrons. The molecular weight excluding hydrogens is 392 g/mol. The van der Waals surface area contributed by atoms with Gasteiger partial charge in [0, 0.05) is 29.7 Å². The number of hydrogen-bond acceptors (Lipinski definition) is 3. The number of aromatic nitrogens is 2. The number of anilines is 1. The van der Waals surface area contributed by atoms with Gasteiger partial charge in [-0.3, -0.25) is 4.98 Å². The van der Waals surface area contributed by atoms with Crippen LogP contribution in [0.3, 0.4) is 0 Å². The van der Waals surface area contributed by atoms with Crippen molar-refractivity contribution in [2.75, 3.05) is 4.90 Å². The number of halogens is 1. The van der Waals surface area contributed by atoms with Crippen LogP contribution in [-0.2, 0) is 7.05 Å². The number of phenolic OH excluding ortho intramolecular Hbond substituents is 1. The van der Waals surface area contributed by atoms with Crippen LogP contribution in [0, 0.1) is 13.8 Å². The minimum atomic E-state index is -0.174. The fourth-order valence-corrected chi connectivity index (χ4v) is 4.31. The lowest BCUT2D eigenvalue weighted by molar-refractivity contribution is 0.472. The number of rotatable bonds is 3. The van der Waals surface area contributed by atoms with Crippen LogP contribution in [0.4, 0.5) is 5.69 Å². The largest absolute Gasteiger partial charge is 0.506 e. The first-order valence-electron chi connectivity index (χ1n) is 9.00. The summed E-state index contributed by atoms with van der Waals surface area (Å²) in [5, 5.41) is 15.0. The zero-order valence-corrected chi connectivity index (χ0v) is 17.4. The molecule has 0 radical (unpaired) electrons. The number of nitrogens with one attached hydrogen (secondary N) is 1. The molecule has 3 aromatic rings. The summed E-state index contributed by atoms with van der Waals surface area (Å²) in [5.74, 6) is 0.130. The van der Waals surface area contributed by atoms with Crippen LogP contribution in [0.15, 0.2) is 48.7 Å². The number of pyridine rings is 1. The fraction of sp³-hybridized carbons (Fsp3) is 0.238. The molecule has 1 fully saturated rings. The summed E-state index contributed by atoms with van der Waals surface area (Å²) in [5.41, 5.74) is 4.89. The second-order valence-electron chi connectivity index (χ2n) is 7.02. The topological polar surface area (TPSA) is 53.3 Å². The van der Waals surface area contributed by atoms with Gasteiger partial charge >= 0.3 is 0 Å². The van der Waals surface area contributed by atoms with E-state index in [4.69, 9.17) is 23.8 Å². The molecule has 0 amide bonds. The number of hydrogen-bond donors (Lipinski definition) is 2. The van der Waals surface area contributed by atoms with Gasteiger partial charge < -0.3 is 19.9 Å². The van der Waals surface area contributed by atoms with Gasteiger partial charge in [-0.25, -0.2) is 0 Å². The van der Waals surface area contributed by atoms with Gasteiger partial charge in [0.15, 0.2) is 5.11 Å². The Balaban J connectivity index is 1.92. The highest BCUT2D eigenvalue weighted by Gasteiger charge is 2.42. The number of nitrogens with zero attached hydrogens (tertiary/aromatic N) is 3. The van der Waals surface area contributed by atoms with Gasteiger partial charge in [-0.05, 0) is 68.0 Å². The molecule has 1 aliphatic heterocycles. The van der Waals surface area contributed by atoms with Crippen LogP contribution < -0.4 is 10.2 Å². The van der Waals surface area contributed by atoms with E-state index in [0.29, 0.717) is 15.8 Å². The van der Waals surface area contributed by atoms with Crippen LogP contribution >= 0.6 is 23.8 Å². The first kappa shape index (κ1) is 18.8. The van der Waals surface area contributed by atoms with Gasteiger partial charge in [0.1, 0.15) is 5.75 Å². The number of benzene rings is 1. The van der Waals surface area contributed by atoms with Crippen molar-refractivity contribution in [1.29, 1.82) is 0 Å². The first-order valence-corrected chi connectivity index (χ1v) is 9.79. The van der Waals surface area contributed by atoms with E-state index in [-0.39, 0.29) is 17.8 Å². The summed E-state index contributed by atoms with van der Waals surface area (Å²) >= 11 is 11.9. The highest BCUT2D eigenvalue weighted by atomic mass is 35.5. The summed E-state index contributed by atoms with van der Waals surface area (Å²) in [6, 6.07) is 12.7. The molecule has 0 saturated carbocycles. The van der Waals surface area contributed by atoms with Crippen LogP contribution in [0.25, 0.3) is 0 Å². The van der Waals surface area contributed by atoms with Gasteiger partial charge in [0.05, 0.1) is 23.5 Å². The van der Waals surface area contributed by atoms with Crippen molar-refractivity contribution >= 4 is 34.6 Å². The third-order valence-corrected chi connectivity index (χ3v) is 5.98. The molecule has 2 N–H and O–H groups in total. The number of aryl methyl sites for hydroxylation is 1. The third kappa shape index (κ3) is 3.02. The molecule has 5 nitrogen and oxygen atoms in total. The molecule has 1 aromatic carbocycles. The lowest BCUT2D eigenvalue weighted by Crippen LogP contribution is -2.29. The summed E-state index contributed by atoms with van der Waals surface area (Å²) in [7, 11) is 2.05. The first-order chi connectivity index (χ1) is 13.4. The molecule has 1 saturated heterocycles. The monoisotopic (exact) mass is 412 g/mol. The molecule has 0 aliphatic carbocycles. The summed E-state index contributed by atoms with van der Waals surface area (Å²) in [4.78, 5) is 6.50. The Morgan fingerprint density at radius 3 is 2.61 bits per heavy atom. The molecular formula is C21H21ClN4OS. The molecule has 0 bridgehead atoms. The zero-order valence-electron chi connectivity index (χ0n) is 15.8. The lowest BCUT2D eigenvalue weighted by Gasteiger charge is -2.28. The van der Waals surface area contributed by atoms with E-state index in [1.807, 2.05) is 30.1 Å². The Kier molecular flexibility index (Phi) is 4.77. The van der Waals surface area contributed by atoms with Crippen molar-refractivity contribution in [1.82, 2.24) is 14.9 Å². The summed E-state index contributed by atoms with van der Waals surface area (Å²) in [6.45, 7) is 4.17. The van der Waals surface area contributed by atoms with Crippen LogP contribution in [0.5, 0.6) is 5.75 Å². The molecule has 0 spiro atoms. The number of aromatic hydroxyl groups is 1. The average molecular weight is 413 g/mol. The van der Waals surface area contributed by atoms with E-state index in [1.54, 1.807) is 24.4 Å². The molecule has 4 rings (SSSR count). The number of phenols is 1. The maximum atomic E-state index is 10.6. The van der Waals surface area contributed by atoms with Gasteiger partial charge in [0.2, 0.25) is 0 Å². The second-order valence-corrected chi connectivity index (χ2v) is 7.84. The average Bonchev–Trinajstić information content (AvgIpc) is 3.15. The van der Waals surface area contributed by atoms with Gasteiger partial charge in [-0.15, -0.1) is 0 Å². The zero-order chi connectivity index (χ0) is 20.0. The van der Waals surface area contributed by atoms with Crippen LogP contribution in [0.1, 0.15) is 34.7 Å². The normalized spacial score (nSPS) is 19.1. The third-order valence-electron chi connectivity index (χ3n) is 5.43. The maximum absolute atomic E-state index is 10.6. The van der Waals surface area contributed by atoms with E-state index in [9.17, 15) is 5.11 Å². The van der Waals surface area contributed by atoms with E-state index in [1.165, 1.54) is 0 Å². The Morgan fingerprint density at radius 2 is 1.96 bits per heavy atom. The highest BCUT2D eigenvalue weighted by molar-refractivity contribution is 7.80. The Morgan fingerprint density at radius 1 is 1.18 bits per heavy atom.